The molecule has 0 bridgehead atoms. The van der Waals surface area contributed by atoms with E-state index in [0.29, 0.717) is 4.34 Å². The predicted molar refractivity (Wildman–Crippen MR) is 88.5 cm³/mol. The number of likely N-dealkylation sites (tertiary alicyclic amines) is 1. The third kappa shape index (κ3) is 3.55. The van der Waals surface area contributed by atoms with Gasteiger partial charge in [0.25, 0.3) is 0 Å². The minimum absolute atomic E-state index is 0.152. The molecule has 1 aliphatic rings. The van der Waals surface area contributed by atoms with Crippen molar-refractivity contribution in [3.8, 4) is 0 Å². The number of piperidine rings is 1. The summed E-state index contributed by atoms with van der Waals surface area (Å²) in [5.41, 5.74) is 0.342. The molecule has 0 saturated carbocycles. The molecule has 6 heteroatoms. The minimum Gasteiger partial charge on any atom is -0.481 e. The van der Waals surface area contributed by atoms with Gasteiger partial charge in [0.15, 0.2) is 0 Å². The molecule has 0 aromatic carbocycles. The van der Waals surface area contributed by atoms with Gasteiger partial charge >= 0.3 is 5.97 Å². The summed E-state index contributed by atoms with van der Waals surface area (Å²) >= 11 is 13.7. The lowest BCUT2D eigenvalue weighted by molar-refractivity contribution is -0.151. The van der Waals surface area contributed by atoms with E-state index in [9.17, 15) is 9.90 Å². The van der Waals surface area contributed by atoms with Crippen LogP contribution in [0.15, 0.2) is 6.07 Å². The van der Waals surface area contributed by atoms with E-state index in [1.807, 2.05) is 19.9 Å². The van der Waals surface area contributed by atoms with Crippen molar-refractivity contribution in [2.24, 2.45) is 11.3 Å². The molecule has 0 spiro atoms. The molecule has 1 aromatic heterocycles. The third-order valence-electron chi connectivity index (χ3n) is 4.71. The maximum atomic E-state index is 11.5. The monoisotopic (exact) mass is 349 g/mol. The van der Waals surface area contributed by atoms with Gasteiger partial charge in [-0.15, -0.1) is 11.3 Å². The third-order valence-corrected chi connectivity index (χ3v) is 6.22. The Bertz CT molecular complexity index is 530. The van der Waals surface area contributed by atoms with Crippen LogP contribution < -0.4 is 0 Å². The molecule has 2 rings (SSSR count). The molecule has 1 saturated heterocycles. The molecule has 3 nitrogen and oxygen atoms in total. The Morgan fingerprint density at radius 3 is 2.71 bits per heavy atom. The van der Waals surface area contributed by atoms with Gasteiger partial charge in [0.05, 0.1) is 14.1 Å². The Morgan fingerprint density at radius 2 is 2.19 bits per heavy atom. The number of hydrogen-bond acceptors (Lipinski definition) is 3. The highest BCUT2D eigenvalue weighted by molar-refractivity contribution is 7.20. The lowest BCUT2D eigenvalue weighted by Crippen LogP contribution is -2.45. The van der Waals surface area contributed by atoms with E-state index < -0.39 is 11.4 Å². The summed E-state index contributed by atoms with van der Waals surface area (Å²) in [6.07, 6.45) is 1.97. The van der Waals surface area contributed by atoms with Crippen LogP contribution in [0.3, 0.4) is 0 Å². The van der Waals surface area contributed by atoms with Gasteiger partial charge in [-0.2, -0.15) is 0 Å². The maximum absolute atomic E-state index is 11.5. The molecule has 2 atom stereocenters. The minimum atomic E-state index is -0.724. The number of thiophene rings is 1. The molecule has 1 aromatic rings. The van der Waals surface area contributed by atoms with Crippen LogP contribution >= 0.6 is 34.5 Å². The summed E-state index contributed by atoms with van der Waals surface area (Å²) < 4.78 is 1.42. The van der Waals surface area contributed by atoms with E-state index >= 15 is 0 Å². The largest absolute Gasteiger partial charge is 0.481 e. The van der Waals surface area contributed by atoms with Gasteiger partial charge in [0.1, 0.15) is 0 Å². The van der Waals surface area contributed by atoms with Crippen molar-refractivity contribution in [1.82, 2.24) is 4.90 Å². The second-order valence-corrected chi connectivity index (χ2v) is 8.60. The van der Waals surface area contributed by atoms with E-state index in [-0.39, 0.29) is 12.0 Å². The van der Waals surface area contributed by atoms with Gasteiger partial charge in [-0.3, -0.25) is 9.69 Å². The average Bonchev–Trinajstić information content (AvgIpc) is 2.76. The zero-order chi connectivity index (χ0) is 15.8. The van der Waals surface area contributed by atoms with Crippen molar-refractivity contribution in [3.63, 3.8) is 0 Å². The van der Waals surface area contributed by atoms with Crippen LogP contribution in [0.1, 0.15) is 45.2 Å². The number of hydrogen-bond donors (Lipinski definition) is 1. The molecule has 0 radical (unpaired) electrons. The van der Waals surface area contributed by atoms with Crippen LogP contribution in [0.2, 0.25) is 8.67 Å². The molecule has 21 heavy (non-hydrogen) atoms. The van der Waals surface area contributed by atoms with Crippen molar-refractivity contribution >= 4 is 40.5 Å². The van der Waals surface area contributed by atoms with Crippen LogP contribution in [0.4, 0.5) is 0 Å². The van der Waals surface area contributed by atoms with E-state index in [2.05, 4.69) is 11.8 Å². The molecule has 2 heterocycles. The number of carbonyl (C=O) groups is 1. The predicted octanol–water partition coefficient (Wildman–Crippen LogP) is 4.94. The van der Waals surface area contributed by atoms with Crippen LogP contribution in [-0.4, -0.2) is 29.1 Å². The van der Waals surface area contributed by atoms with Crippen LogP contribution in [0.25, 0.3) is 0 Å². The second-order valence-electron chi connectivity index (χ2n) is 6.32. The topological polar surface area (TPSA) is 40.5 Å². The van der Waals surface area contributed by atoms with Gasteiger partial charge in [-0.05, 0) is 52.1 Å². The van der Waals surface area contributed by atoms with Gasteiger partial charge in [-0.1, -0.05) is 23.2 Å². The normalized spacial score (nSPS) is 22.2. The summed E-state index contributed by atoms with van der Waals surface area (Å²) in [5.74, 6) is -0.572. The van der Waals surface area contributed by atoms with Gasteiger partial charge in [-0.25, -0.2) is 0 Å². The molecular formula is C15H21Cl2NO2S. The fourth-order valence-electron chi connectivity index (χ4n) is 2.96. The summed E-state index contributed by atoms with van der Waals surface area (Å²) in [5, 5.41) is 9.43. The number of aliphatic carboxylic acids is 1. The number of carboxylic acids is 1. The fraction of sp³-hybridized carbons (Fsp3) is 0.667. The Kier molecular flexibility index (Phi) is 5.24. The Morgan fingerprint density at radius 1 is 1.52 bits per heavy atom. The average molecular weight is 350 g/mol. The zero-order valence-electron chi connectivity index (χ0n) is 12.5. The van der Waals surface area contributed by atoms with E-state index in [4.69, 9.17) is 23.2 Å². The number of carboxylic acid groups (broad SMARTS) is 1. The molecule has 0 amide bonds. The van der Waals surface area contributed by atoms with Crippen molar-refractivity contribution in [2.45, 2.75) is 39.7 Å². The summed E-state index contributed by atoms with van der Waals surface area (Å²) in [6, 6.07) is 2.08. The molecular weight excluding hydrogens is 329 g/mol. The first-order valence-electron chi connectivity index (χ1n) is 7.15. The number of rotatable bonds is 4. The van der Waals surface area contributed by atoms with Crippen LogP contribution in [-0.2, 0) is 4.79 Å². The zero-order valence-corrected chi connectivity index (χ0v) is 14.9. The van der Waals surface area contributed by atoms with Crippen LogP contribution in [0.5, 0.6) is 0 Å². The Balaban J connectivity index is 2.14. The first-order chi connectivity index (χ1) is 9.73. The first kappa shape index (κ1) is 17.1. The van der Waals surface area contributed by atoms with E-state index in [1.54, 1.807) is 0 Å². The van der Waals surface area contributed by atoms with E-state index in [0.717, 1.165) is 35.8 Å². The standard InChI is InChI=1S/C15H21Cl2NO2S/c1-9(11-7-12(16)21-13(11)17)18-6-4-5-10(8-18)15(2,3)14(19)20/h7,9-10H,4-6,8H2,1-3H3,(H,19,20). The van der Waals surface area contributed by atoms with Gasteiger partial charge in [0.2, 0.25) is 0 Å². The van der Waals surface area contributed by atoms with Crippen molar-refractivity contribution in [1.29, 1.82) is 0 Å². The molecule has 1 aliphatic heterocycles. The van der Waals surface area contributed by atoms with E-state index in [1.165, 1.54) is 11.3 Å². The Hall–Kier alpha value is -0.290. The van der Waals surface area contributed by atoms with Gasteiger partial charge < -0.3 is 5.11 Å². The fourth-order valence-corrected chi connectivity index (χ4v) is 4.59. The quantitative estimate of drug-likeness (QED) is 0.836. The lowest BCUT2D eigenvalue weighted by Gasteiger charge is -2.41. The lowest BCUT2D eigenvalue weighted by atomic mass is 9.74. The highest BCUT2D eigenvalue weighted by Gasteiger charge is 2.40. The highest BCUT2D eigenvalue weighted by Crippen LogP contribution is 2.40. The van der Waals surface area contributed by atoms with Crippen molar-refractivity contribution in [3.05, 3.63) is 20.3 Å². The Labute approximate surface area is 139 Å². The number of nitrogens with zero attached hydrogens (tertiary/aromatic N) is 1. The SMILES string of the molecule is CC(c1cc(Cl)sc1Cl)N1CCCC(C(C)(C)C(=O)O)C1. The molecule has 2 unspecified atom stereocenters. The first-order valence-corrected chi connectivity index (χ1v) is 8.73. The summed E-state index contributed by atoms with van der Waals surface area (Å²) in [4.78, 5) is 13.8. The molecule has 1 N–H and O–H groups in total. The smallest absolute Gasteiger partial charge is 0.309 e. The number of halogens is 2. The van der Waals surface area contributed by atoms with Crippen molar-refractivity contribution in [2.75, 3.05) is 13.1 Å². The molecule has 1 fully saturated rings. The highest BCUT2D eigenvalue weighted by atomic mass is 35.5. The van der Waals surface area contributed by atoms with Gasteiger partial charge in [0, 0.05) is 18.2 Å². The van der Waals surface area contributed by atoms with Crippen LogP contribution in [0, 0.1) is 11.3 Å². The maximum Gasteiger partial charge on any atom is 0.309 e. The molecule has 0 aliphatic carbocycles. The van der Waals surface area contributed by atoms with Crippen molar-refractivity contribution < 1.29 is 9.90 Å². The second kappa shape index (κ2) is 6.45. The molecule has 118 valence electrons. The summed E-state index contributed by atoms with van der Waals surface area (Å²) in [7, 11) is 0. The summed E-state index contributed by atoms with van der Waals surface area (Å²) in [6.45, 7) is 7.51.